The molecule has 7 nitrogen and oxygen atoms in total. The van der Waals surface area contributed by atoms with Crippen LogP contribution in [0.5, 0.6) is 0 Å². The van der Waals surface area contributed by atoms with Gasteiger partial charge in [0.05, 0.1) is 29.1 Å². The zero-order valence-electron chi connectivity index (χ0n) is 12.3. The molecule has 22 heavy (non-hydrogen) atoms. The van der Waals surface area contributed by atoms with Crippen LogP contribution in [0.3, 0.4) is 0 Å². The molecular formula is C15H17N3O4. The Hall–Kier alpha value is -2.62. The van der Waals surface area contributed by atoms with Crippen LogP contribution in [0.2, 0.25) is 0 Å². The minimum atomic E-state index is -0.450. The van der Waals surface area contributed by atoms with Gasteiger partial charge < -0.3 is 9.64 Å². The van der Waals surface area contributed by atoms with E-state index in [9.17, 15) is 14.9 Å². The molecule has 0 aromatic heterocycles. The summed E-state index contributed by atoms with van der Waals surface area (Å²) < 4.78 is 5.01. The van der Waals surface area contributed by atoms with E-state index in [-0.39, 0.29) is 17.6 Å². The summed E-state index contributed by atoms with van der Waals surface area (Å²) in [7, 11) is 0. The number of hydrogen-bond acceptors (Lipinski definition) is 6. The highest BCUT2D eigenvalue weighted by Gasteiger charge is 2.29. The molecule has 7 heteroatoms. The van der Waals surface area contributed by atoms with Crippen molar-refractivity contribution >= 4 is 17.3 Å². The minimum Gasteiger partial charge on any atom is -0.466 e. The second-order valence-corrected chi connectivity index (χ2v) is 5.09. The van der Waals surface area contributed by atoms with Gasteiger partial charge in [0.15, 0.2) is 0 Å². The van der Waals surface area contributed by atoms with Crippen molar-refractivity contribution < 1.29 is 14.5 Å². The van der Waals surface area contributed by atoms with Crippen LogP contribution in [0, 0.1) is 27.4 Å². The molecule has 1 heterocycles. The average Bonchev–Trinajstić information content (AvgIpc) is 2.54. The molecule has 0 N–H and O–H groups in total. The summed E-state index contributed by atoms with van der Waals surface area (Å²) in [5.74, 6) is -0.364. The monoisotopic (exact) mass is 303 g/mol. The number of hydrogen-bond donors (Lipinski definition) is 0. The first kappa shape index (κ1) is 15.8. The van der Waals surface area contributed by atoms with Crippen LogP contribution in [0.15, 0.2) is 18.2 Å². The Balaban J connectivity index is 2.15. The summed E-state index contributed by atoms with van der Waals surface area (Å²) in [4.78, 5) is 24.3. The van der Waals surface area contributed by atoms with Crippen molar-refractivity contribution in [3.05, 3.63) is 33.9 Å². The molecule has 0 amide bonds. The number of piperidine rings is 1. The van der Waals surface area contributed by atoms with E-state index in [0.717, 1.165) is 0 Å². The molecule has 0 spiro atoms. The predicted octanol–water partition coefficient (Wildman–Crippen LogP) is 2.25. The third-order valence-corrected chi connectivity index (χ3v) is 3.76. The molecule has 0 aliphatic carbocycles. The standard InChI is InChI=1S/C15H17N3O4/c1-2-22-15(19)12-5-7-17(8-6-12)14-9-11(10-16)3-4-13(14)18(20)21/h3-4,9,12H,2,5-8H2,1H3. The van der Waals surface area contributed by atoms with Crippen molar-refractivity contribution in [1.82, 2.24) is 0 Å². The fourth-order valence-corrected chi connectivity index (χ4v) is 2.62. The van der Waals surface area contributed by atoms with Crippen LogP contribution in [-0.4, -0.2) is 30.6 Å². The minimum absolute atomic E-state index is 0.0198. The van der Waals surface area contributed by atoms with Gasteiger partial charge >= 0.3 is 5.97 Å². The lowest BCUT2D eigenvalue weighted by atomic mass is 9.96. The van der Waals surface area contributed by atoms with Crippen LogP contribution in [-0.2, 0) is 9.53 Å². The van der Waals surface area contributed by atoms with Crippen molar-refractivity contribution in [3.8, 4) is 6.07 Å². The Morgan fingerprint density at radius 2 is 2.18 bits per heavy atom. The van der Waals surface area contributed by atoms with Gasteiger partial charge in [0.2, 0.25) is 0 Å². The number of nitro benzene ring substituents is 1. The Morgan fingerprint density at radius 1 is 1.50 bits per heavy atom. The first-order valence-corrected chi connectivity index (χ1v) is 7.17. The van der Waals surface area contributed by atoms with Crippen molar-refractivity contribution in [2.45, 2.75) is 19.8 Å². The maximum absolute atomic E-state index is 11.7. The highest BCUT2D eigenvalue weighted by atomic mass is 16.6. The number of carbonyl (C=O) groups is 1. The fourth-order valence-electron chi connectivity index (χ4n) is 2.62. The molecule has 0 saturated carbocycles. The van der Waals surface area contributed by atoms with Crippen molar-refractivity contribution in [2.24, 2.45) is 5.92 Å². The Morgan fingerprint density at radius 3 is 2.73 bits per heavy atom. The number of nitrogens with zero attached hydrogens (tertiary/aromatic N) is 3. The molecule has 2 rings (SSSR count). The van der Waals surface area contributed by atoms with E-state index < -0.39 is 4.92 Å². The Labute approximate surface area is 128 Å². The van der Waals surface area contributed by atoms with Gasteiger partial charge in [0.1, 0.15) is 5.69 Å². The smallest absolute Gasteiger partial charge is 0.309 e. The molecule has 0 bridgehead atoms. The van der Waals surface area contributed by atoms with Crippen LogP contribution in [0.4, 0.5) is 11.4 Å². The summed E-state index contributed by atoms with van der Waals surface area (Å²) in [6.45, 7) is 3.18. The SMILES string of the molecule is CCOC(=O)C1CCN(c2cc(C#N)ccc2[N+](=O)[O-])CC1. The van der Waals surface area contributed by atoms with Gasteiger partial charge in [-0.2, -0.15) is 5.26 Å². The molecule has 1 aromatic rings. The highest BCUT2D eigenvalue weighted by Crippen LogP contribution is 2.32. The summed E-state index contributed by atoms with van der Waals surface area (Å²) in [5.41, 5.74) is 0.799. The van der Waals surface area contributed by atoms with Crippen molar-refractivity contribution in [2.75, 3.05) is 24.6 Å². The third kappa shape index (κ3) is 3.34. The third-order valence-electron chi connectivity index (χ3n) is 3.76. The largest absolute Gasteiger partial charge is 0.466 e. The van der Waals surface area contributed by atoms with Gasteiger partial charge in [-0.15, -0.1) is 0 Å². The molecule has 1 fully saturated rings. The van der Waals surface area contributed by atoms with Crippen molar-refractivity contribution in [1.29, 1.82) is 5.26 Å². The van der Waals surface area contributed by atoms with Crippen LogP contribution in [0.25, 0.3) is 0 Å². The predicted molar refractivity (Wildman–Crippen MR) is 79.4 cm³/mol. The van der Waals surface area contributed by atoms with Gasteiger partial charge in [-0.3, -0.25) is 14.9 Å². The number of nitro groups is 1. The van der Waals surface area contributed by atoms with E-state index in [2.05, 4.69) is 0 Å². The number of esters is 1. The van der Waals surface area contributed by atoms with Crippen LogP contribution in [0.1, 0.15) is 25.3 Å². The van der Waals surface area contributed by atoms with Gasteiger partial charge in [-0.25, -0.2) is 0 Å². The molecule has 0 unspecified atom stereocenters. The number of nitriles is 1. The average molecular weight is 303 g/mol. The highest BCUT2D eigenvalue weighted by molar-refractivity contribution is 5.73. The Kier molecular flexibility index (Phi) is 4.94. The van der Waals surface area contributed by atoms with Gasteiger partial charge in [0, 0.05) is 19.2 Å². The van der Waals surface area contributed by atoms with E-state index in [1.165, 1.54) is 18.2 Å². The summed E-state index contributed by atoms with van der Waals surface area (Å²) >= 11 is 0. The van der Waals surface area contributed by atoms with Crippen molar-refractivity contribution in [3.63, 3.8) is 0 Å². The molecule has 1 aromatic carbocycles. The summed E-state index contributed by atoms with van der Waals surface area (Å²) in [6, 6.07) is 6.31. The lowest BCUT2D eigenvalue weighted by molar-refractivity contribution is -0.384. The number of anilines is 1. The summed E-state index contributed by atoms with van der Waals surface area (Å²) in [6.07, 6.45) is 1.18. The topological polar surface area (TPSA) is 96.5 Å². The molecule has 116 valence electrons. The molecule has 0 radical (unpaired) electrons. The normalized spacial score (nSPS) is 15.2. The molecule has 0 atom stereocenters. The van der Waals surface area contributed by atoms with Gasteiger partial charge in [0.25, 0.3) is 5.69 Å². The second-order valence-electron chi connectivity index (χ2n) is 5.09. The molecule has 1 aliphatic rings. The molecule has 1 saturated heterocycles. The van der Waals surface area contributed by atoms with E-state index in [1.54, 1.807) is 6.92 Å². The fraction of sp³-hybridized carbons (Fsp3) is 0.467. The number of rotatable bonds is 4. The number of ether oxygens (including phenoxy) is 1. The number of carbonyl (C=O) groups excluding carboxylic acids is 1. The van der Waals surface area contributed by atoms with Crippen LogP contribution >= 0.6 is 0 Å². The maximum Gasteiger partial charge on any atom is 0.309 e. The molecule has 1 aliphatic heterocycles. The molecular weight excluding hydrogens is 286 g/mol. The zero-order chi connectivity index (χ0) is 16.1. The van der Waals surface area contributed by atoms with E-state index in [0.29, 0.717) is 43.8 Å². The van der Waals surface area contributed by atoms with Gasteiger partial charge in [-0.05, 0) is 31.9 Å². The van der Waals surface area contributed by atoms with Gasteiger partial charge in [-0.1, -0.05) is 0 Å². The first-order valence-electron chi connectivity index (χ1n) is 7.17. The first-order chi connectivity index (χ1) is 10.6. The quantitative estimate of drug-likeness (QED) is 0.481. The maximum atomic E-state index is 11.7. The van der Waals surface area contributed by atoms with E-state index in [4.69, 9.17) is 10.00 Å². The zero-order valence-corrected chi connectivity index (χ0v) is 12.3. The summed E-state index contributed by atoms with van der Waals surface area (Å²) in [5, 5.41) is 20.1. The lowest BCUT2D eigenvalue weighted by Crippen LogP contribution is -2.37. The number of benzene rings is 1. The van der Waals surface area contributed by atoms with Crippen LogP contribution < -0.4 is 4.90 Å². The Bertz CT molecular complexity index is 616. The van der Waals surface area contributed by atoms with E-state index >= 15 is 0 Å². The van der Waals surface area contributed by atoms with E-state index in [1.807, 2.05) is 11.0 Å². The second kappa shape index (κ2) is 6.89. The lowest BCUT2D eigenvalue weighted by Gasteiger charge is -2.32.